The number of nitrogens with zero attached hydrogens (tertiary/aromatic N) is 3. The Balaban J connectivity index is 2.23. The van der Waals surface area contributed by atoms with Crippen molar-refractivity contribution in [3.05, 3.63) is 0 Å². The molecule has 30 heavy (non-hydrogen) atoms. The van der Waals surface area contributed by atoms with Crippen LogP contribution >= 0.6 is 0 Å². The van der Waals surface area contributed by atoms with Crippen LogP contribution in [0.2, 0.25) is 0 Å². The normalized spacial score (nSPS) is 16.2. The number of guanidine groups is 1. The predicted molar refractivity (Wildman–Crippen MR) is 124 cm³/mol. The molecule has 1 rings (SSSR count). The third kappa shape index (κ3) is 10.3. The highest BCUT2D eigenvalue weighted by atomic mass is 16.2. The van der Waals surface area contributed by atoms with Crippen molar-refractivity contribution in [2.24, 2.45) is 16.8 Å². The molecule has 1 fully saturated rings. The first-order chi connectivity index (χ1) is 14.2. The molecule has 2 amide bonds. The van der Waals surface area contributed by atoms with Crippen molar-refractivity contribution in [1.82, 2.24) is 20.4 Å². The van der Waals surface area contributed by atoms with E-state index in [1.165, 1.54) is 0 Å². The van der Waals surface area contributed by atoms with Gasteiger partial charge in [0.15, 0.2) is 5.96 Å². The monoisotopic (exact) mass is 423 g/mol. The molecule has 0 spiro atoms. The van der Waals surface area contributed by atoms with E-state index in [9.17, 15) is 9.59 Å². The Labute approximate surface area is 184 Å². The van der Waals surface area contributed by atoms with Gasteiger partial charge < -0.3 is 20.4 Å². The topological polar surface area (TPSA) is 77.0 Å². The van der Waals surface area contributed by atoms with E-state index in [0.717, 1.165) is 38.3 Å². The van der Waals surface area contributed by atoms with Crippen LogP contribution in [-0.2, 0) is 9.59 Å². The molecule has 1 saturated heterocycles. The molecule has 0 aromatic carbocycles. The maximum Gasteiger partial charge on any atom is 0.222 e. The lowest BCUT2D eigenvalue weighted by Gasteiger charge is -2.35. The van der Waals surface area contributed by atoms with Gasteiger partial charge in [-0.1, -0.05) is 34.1 Å². The Morgan fingerprint density at radius 3 is 2.03 bits per heavy atom. The molecule has 0 aliphatic carbocycles. The number of unbranched alkanes of at least 4 members (excludes halogenated alkanes) is 2. The van der Waals surface area contributed by atoms with E-state index in [1.807, 2.05) is 9.80 Å². The van der Waals surface area contributed by atoms with Crippen molar-refractivity contribution in [2.75, 3.05) is 39.3 Å². The van der Waals surface area contributed by atoms with Crippen LogP contribution in [0.4, 0.5) is 0 Å². The summed E-state index contributed by atoms with van der Waals surface area (Å²) in [6, 6.07) is 0.376. The van der Waals surface area contributed by atoms with E-state index in [2.05, 4.69) is 57.2 Å². The highest BCUT2D eigenvalue weighted by Crippen LogP contribution is 2.11. The Morgan fingerprint density at radius 1 is 0.900 bits per heavy atom. The van der Waals surface area contributed by atoms with Gasteiger partial charge in [0.05, 0.1) is 0 Å². The summed E-state index contributed by atoms with van der Waals surface area (Å²) in [6.07, 6.45) is 4.07. The molecular formula is C23H45N5O2. The Hall–Kier alpha value is -1.79. The van der Waals surface area contributed by atoms with Gasteiger partial charge in [-0.25, -0.2) is 0 Å². The van der Waals surface area contributed by atoms with E-state index in [0.29, 0.717) is 56.9 Å². The van der Waals surface area contributed by atoms with E-state index in [4.69, 9.17) is 0 Å². The fourth-order valence-corrected chi connectivity index (χ4v) is 3.30. The summed E-state index contributed by atoms with van der Waals surface area (Å²) in [6.45, 7) is 17.0. The minimum Gasteiger partial charge on any atom is -0.357 e. The van der Waals surface area contributed by atoms with Crippen LogP contribution in [0.5, 0.6) is 0 Å². The van der Waals surface area contributed by atoms with E-state index in [-0.39, 0.29) is 11.8 Å². The molecule has 7 heteroatoms. The minimum atomic E-state index is 0.215. The highest BCUT2D eigenvalue weighted by molar-refractivity contribution is 5.80. The van der Waals surface area contributed by atoms with Crippen molar-refractivity contribution in [1.29, 1.82) is 0 Å². The first kappa shape index (κ1) is 26.2. The second kappa shape index (κ2) is 14.3. The molecule has 1 atom stereocenters. The van der Waals surface area contributed by atoms with Gasteiger partial charge in [-0.05, 0) is 38.5 Å². The molecule has 0 bridgehead atoms. The van der Waals surface area contributed by atoms with Crippen LogP contribution in [-0.4, -0.2) is 72.9 Å². The zero-order chi connectivity index (χ0) is 22.5. The van der Waals surface area contributed by atoms with E-state index < -0.39 is 0 Å². The van der Waals surface area contributed by atoms with E-state index in [1.54, 1.807) is 0 Å². The van der Waals surface area contributed by atoms with E-state index >= 15 is 0 Å². The van der Waals surface area contributed by atoms with Crippen molar-refractivity contribution in [2.45, 2.75) is 79.7 Å². The van der Waals surface area contributed by atoms with Crippen LogP contribution < -0.4 is 10.6 Å². The van der Waals surface area contributed by atoms with Crippen LogP contribution in [0.25, 0.3) is 0 Å². The summed E-state index contributed by atoms with van der Waals surface area (Å²) in [5.41, 5.74) is 0. The maximum absolute atomic E-state index is 12.4. The lowest BCUT2D eigenvalue weighted by molar-refractivity contribution is -0.140. The van der Waals surface area contributed by atoms with Gasteiger partial charge in [0.25, 0.3) is 0 Å². The number of nitrogens with one attached hydrogen (secondary N) is 2. The van der Waals surface area contributed by atoms with Gasteiger partial charge in [0.2, 0.25) is 11.8 Å². The van der Waals surface area contributed by atoms with Gasteiger partial charge in [0, 0.05) is 58.2 Å². The largest absolute Gasteiger partial charge is 0.357 e. The summed E-state index contributed by atoms with van der Waals surface area (Å²) >= 11 is 0. The third-order valence-electron chi connectivity index (χ3n) is 5.60. The molecule has 2 N–H and O–H groups in total. The maximum atomic E-state index is 12.4. The first-order valence-electron chi connectivity index (χ1n) is 11.8. The molecule has 7 nitrogen and oxygen atoms in total. The summed E-state index contributed by atoms with van der Waals surface area (Å²) in [5.74, 6) is 2.24. The SMILES string of the molecule is CCNC(=NCCCCCC(=O)N1CCN(C(=O)CC(C)C)CC1)NC(C)C(C)C. The molecule has 0 aromatic rings. The highest BCUT2D eigenvalue weighted by Gasteiger charge is 2.23. The average molecular weight is 424 g/mol. The number of rotatable bonds is 11. The summed E-state index contributed by atoms with van der Waals surface area (Å²) < 4.78 is 0. The zero-order valence-electron chi connectivity index (χ0n) is 20.2. The van der Waals surface area contributed by atoms with Crippen LogP contribution in [0.1, 0.15) is 73.6 Å². The van der Waals surface area contributed by atoms with Crippen molar-refractivity contribution < 1.29 is 9.59 Å². The molecule has 1 unspecified atom stereocenters. The minimum absolute atomic E-state index is 0.215. The van der Waals surface area contributed by atoms with Gasteiger partial charge in [-0.2, -0.15) is 0 Å². The standard InChI is InChI=1S/C23H45N5O2/c1-7-24-23(26-20(6)19(4)5)25-12-10-8-9-11-21(29)27-13-15-28(16-14-27)22(30)17-18(2)3/h18-20H,7-17H2,1-6H3,(H2,24,25,26). The number of carbonyl (C=O) groups excluding carboxylic acids is 2. The smallest absolute Gasteiger partial charge is 0.222 e. The Kier molecular flexibility index (Phi) is 12.5. The van der Waals surface area contributed by atoms with Crippen LogP contribution in [0.15, 0.2) is 4.99 Å². The number of carbonyl (C=O) groups is 2. The zero-order valence-corrected chi connectivity index (χ0v) is 20.2. The fourth-order valence-electron chi connectivity index (χ4n) is 3.30. The molecular weight excluding hydrogens is 378 g/mol. The molecule has 0 saturated carbocycles. The lowest BCUT2D eigenvalue weighted by Crippen LogP contribution is -2.50. The van der Waals surface area contributed by atoms with Gasteiger partial charge in [-0.15, -0.1) is 0 Å². The second-order valence-electron chi connectivity index (χ2n) is 9.11. The van der Waals surface area contributed by atoms with Crippen LogP contribution in [0.3, 0.4) is 0 Å². The lowest BCUT2D eigenvalue weighted by atomic mass is 10.1. The van der Waals surface area contributed by atoms with Crippen molar-refractivity contribution in [3.63, 3.8) is 0 Å². The number of piperazine rings is 1. The summed E-state index contributed by atoms with van der Waals surface area (Å²) in [7, 11) is 0. The molecule has 1 heterocycles. The number of aliphatic imine (C=N–C) groups is 1. The third-order valence-corrected chi connectivity index (χ3v) is 5.60. The van der Waals surface area contributed by atoms with Crippen LogP contribution in [0, 0.1) is 11.8 Å². The van der Waals surface area contributed by atoms with Crippen molar-refractivity contribution in [3.8, 4) is 0 Å². The molecule has 174 valence electrons. The molecule has 0 aromatic heterocycles. The van der Waals surface area contributed by atoms with Gasteiger partial charge in [-0.3, -0.25) is 14.6 Å². The first-order valence-corrected chi connectivity index (χ1v) is 11.8. The second-order valence-corrected chi connectivity index (χ2v) is 9.11. The number of hydrogen-bond donors (Lipinski definition) is 2. The molecule has 1 aliphatic rings. The number of amides is 2. The number of hydrogen-bond acceptors (Lipinski definition) is 3. The van der Waals surface area contributed by atoms with Crippen molar-refractivity contribution >= 4 is 17.8 Å². The molecule has 1 aliphatic heterocycles. The fraction of sp³-hybridized carbons (Fsp3) is 0.870. The predicted octanol–water partition coefficient (Wildman–Crippen LogP) is 2.86. The average Bonchev–Trinajstić information content (AvgIpc) is 2.69. The summed E-state index contributed by atoms with van der Waals surface area (Å²) in [4.78, 5) is 33.0. The van der Waals surface area contributed by atoms with Gasteiger partial charge in [0.1, 0.15) is 0 Å². The molecule has 0 radical (unpaired) electrons. The quantitative estimate of drug-likeness (QED) is 0.304. The Morgan fingerprint density at radius 2 is 1.50 bits per heavy atom. The van der Waals surface area contributed by atoms with Gasteiger partial charge >= 0.3 is 0 Å². The Bertz CT molecular complexity index is 540. The summed E-state index contributed by atoms with van der Waals surface area (Å²) in [5, 5.41) is 6.73.